The molecule has 0 unspecified atom stereocenters. The van der Waals surface area contributed by atoms with Crippen molar-refractivity contribution in [2.24, 2.45) is 5.92 Å². The van der Waals surface area contributed by atoms with Crippen molar-refractivity contribution in [3.8, 4) is 5.75 Å². The smallest absolute Gasteiger partial charge is 0.469 e. The summed E-state index contributed by atoms with van der Waals surface area (Å²) in [6.45, 7) is 4.24. The number of hydrogen-bond donors (Lipinski definition) is 8. The second-order valence-corrected chi connectivity index (χ2v) is 16.2. The van der Waals surface area contributed by atoms with E-state index < -0.39 is 98.4 Å². The summed E-state index contributed by atoms with van der Waals surface area (Å²) in [5.74, 6) is -5.84. The third kappa shape index (κ3) is 15.4. The Morgan fingerprint density at radius 2 is 1.77 bits per heavy atom. The van der Waals surface area contributed by atoms with Gasteiger partial charge in [0.2, 0.25) is 23.6 Å². The molecule has 1 aromatic rings. The van der Waals surface area contributed by atoms with Gasteiger partial charge >= 0.3 is 13.8 Å². The van der Waals surface area contributed by atoms with Crippen LogP contribution in [0.2, 0.25) is 0 Å². The van der Waals surface area contributed by atoms with E-state index in [4.69, 9.17) is 18.7 Å². The van der Waals surface area contributed by atoms with E-state index in [1.807, 2.05) is 32.8 Å². The third-order valence-electron chi connectivity index (χ3n) is 9.47. The molecule has 2 saturated heterocycles. The van der Waals surface area contributed by atoms with Gasteiger partial charge < -0.3 is 65.5 Å². The summed E-state index contributed by atoms with van der Waals surface area (Å²) in [6.07, 6.45) is -3.34. The van der Waals surface area contributed by atoms with Crippen LogP contribution in [0.4, 0.5) is 0 Å². The molecule has 2 fully saturated rings. The van der Waals surface area contributed by atoms with Gasteiger partial charge in [0.05, 0.1) is 26.4 Å². The van der Waals surface area contributed by atoms with Gasteiger partial charge in [-0.05, 0) is 70.8 Å². The average molecular weight is 872 g/mol. The molecule has 0 aliphatic carbocycles. The Hall–Kier alpha value is -4.70. The lowest BCUT2D eigenvalue weighted by molar-refractivity contribution is -0.156. The number of aliphatic hydroxyl groups excluding tert-OH is 1. The maximum atomic E-state index is 14.5. The molecule has 336 valence electrons. The second kappa shape index (κ2) is 23.3. The number of nitrogens with one attached hydrogen (secondary N) is 5. The summed E-state index contributed by atoms with van der Waals surface area (Å²) in [7, 11) is -0.440. The number of phosphoric ester groups is 1. The Kier molecular flexibility index (Phi) is 19.3. The van der Waals surface area contributed by atoms with Gasteiger partial charge in [0.15, 0.2) is 0 Å². The fourth-order valence-corrected chi connectivity index (χ4v) is 7.02. The van der Waals surface area contributed by atoms with Crippen molar-refractivity contribution >= 4 is 49.2 Å². The molecule has 0 radical (unpaired) electrons. The van der Waals surface area contributed by atoms with Crippen LogP contribution in [0.15, 0.2) is 24.3 Å². The van der Waals surface area contributed by atoms with Crippen molar-refractivity contribution in [3.63, 3.8) is 0 Å². The highest BCUT2D eigenvalue weighted by Gasteiger charge is 2.47. The maximum Gasteiger partial charge on any atom is 0.469 e. The van der Waals surface area contributed by atoms with Crippen LogP contribution in [0.3, 0.4) is 0 Å². The molecule has 60 heavy (non-hydrogen) atoms. The summed E-state index contributed by atoms with van der Waals surface area (Å²) >= 11 is 0. The Balaban J connectivity index is 1.97. The fraction of sp³-hybridized carbons (Fsp3) is 0.649. The van der Waals surface area contributed by atoms with E-state index >= 15 is 0 Å². The number of fused-ring (bicyclic) bond motifs is 1. The molecule has 0 aromatic heterocycles. The number of carbonyl (C=O) groups excluding carboxylic acids is 7. The molecule has 2 heterocycles. The molecule has 1 aromatic carbocycles. The number of amides is 6. The van der Waals surface area contributed by atoms with Crippen LogP contribution in [0.1, 0.15) is 63.2 Å². The first-order chi connectivity index (χ1) is 28.2. The number of hydrogen-bond acceptors (Lipinski definition) is 14. The number of aliphatic hydroxyl groups is 1. The van der Waals surface area contributed by atoms with Gasteiger partial charge in [-0.3, -0.25) is 33.3 Å². The van der Waals surface area contributed by atoms with Gasteiger partial charge in [-0.15, -0.1) is 0 Å². The lowest BCUT2D eigenvalue weighted by Crippen LogP contribution is -2.63. The molecular formula is C37H58N7O15P. The SMILES string of the molecule is COC(=O)[C@H](CC(C)C)NC(=O)[C@@H]1CC[C@H]2OCCNC(=O)CC[C@H](NC(=O)c3cccc(OCCN(C)C)c3)C(=O)N[C@@H](CO)C(=O)N[C@@H]([C@@H](C)OP(=O)(O)O)C(=O)N21. The molecule has 0 saturated carbocycles. The number of rotatable bonds is 15. The largest absolute Gasteiger partial charge is 0.492 e. The highest BCUT2D eigenvalue weighted by atomic mass is 31.2. The maximum absolute atomic E-state index is 14.5. The highest BCUT2D eigenvalue weighted by Crippen LogP contribution is 2.39. The van der Waals surface area contributed by atoms with E-state index in [2.05, 4.69) is 26.6 Å². The topological polar surface area (TPSA) is 301 Å². The minimum atomic E-state index is -5.32. The number of carbonyl (C=O) groups is 7. The summed E-state index contributed by atoms with van der Waals surface area (Å²) in [4.78, 5) is 117. The number of ether oxygens (including phenoxy) is 3. The zero-order valence-corrected chi connectivity index (χ0v) is 35.5. The van der Waals surface area contributed by atoms with Crippen LogP contribution >= 0.6 is 7.82 Å². The zero-order valence-electron chi connectivity index (χ0n) is 34.6. The first kappa shape index (κ1) is 49.7. The van der Waals surface area contributed by atoms with E-state index in [9.17, 15) is 53.0 Å². The number of likely N-dealkylation sites (N-methyl/N-ethyl adjacent to an activating group) is 1. The highest BCUT2D eigenvalue weighted by molar-refractivity contribution is 7.46. The zero-order chi connectivity index (χ0) is 44.7. The van der Waals surface area contributed by atoms with Gasteiger partial charge in [0.25, 0.3) is 11.8 Å². The predicted octanol–water partition coefficient (Wildman–Crippen LogP) is -1.87. The molecule has 22 nitrogen and oxygen atoms in total. The quantitative estimate of drug-likeness (QED) is 0.0708. The molecular weight excluding hydrogens is 813 g/mol. The summed E-state index contributed by atoms with van der Waals surface area (Å²) in [5.41, 5.74) is 0.111. The molecule has 2 aliphatic heterocycles. The first-order valence-electron chi connectivity index (χ1n) is 19.5. The second-order valence-electron chi connectivity index (χ2n) is 15.0. The van der Waals surface area contributed by atoms with Crippen LogP contribution in [0.5, 0.6) is 5.75 Å². The summed E-state index contributed by atoms with van der Waals surface area (Å²) < 4.78 is 33.3. The van der Waals surface area contributed by atoms with E-state index in [0.29, 0.717) is 18.9 Å². The molecule has 23 heteroatoms. The minimum absolute atomic E-state index is 0.0191. The Bertz CT molecular complexity index is 1730. The van der Waals surface area contributed by atoms with E-state index in [1.54, 1.807) is 12.1 Å². The summed E-state index contributed by atoms with van der Waals surface area (Å²) in [6, 6.07) is -1.54. The van der Waals surface area contributed by atoms with Gasteiger partial charge in [-0.2, -0.15) is 0 Å². The lowest BCUT2D eigenvalue weighted by Gasteiger charge is -2.35. The molecule has 2 aliphatic rings. The Morgan fingerprint density at radius 1 is 1.05 bits per heavy atom. The molecule has 8 N–H and O–H groups in total. The van der Waals surface area contributed by atoms with Crippen LogP contribution in [-0.4, -0.2) is 163 Å². The summed E-state index contributed by atoms with van der Waals surface area (Å²) in [5, 5.41) is 22.6. The van der Waals surface area contributed by atoms with Crippen LogP contribution in [-0.2, 0) is 47.3 Å². The molecule has 3 rings (SSSR count). The molecule has 7 atom stereocenters. The standard InChI is InChI=1S/C37H58N7O15P/c1-21(2)18-26(37(52)56-6)40-35(50)28-11-13-30-44(28)36(51)31(22(3)59-60(53,54)55)42-34(49)27(20-45)41-33(48)25(10-12-29(46)38-14-16-58-30)39-32(47)23-8-7-9-24(19-23)57-17-15-43(4)5/h7-9,19,21-22,25-28,30-31,45H,10-18,20H2,1-6H3,(H,38,46)(H,39,47)(H,40,50)(H,41,48)(H,42,49)(H2,53,54,55)/t22-,25+,26+,27+,28+,30-,31+/m1/s1. The van der Waals surface area contributed by atoms with E-state index in [0.717, 1.165) is 18.9 Å². The van der Waals surface area contributed by atoms with E-state index in [-0.39, 0.29) is 56.7 Å². The normalized spacial score (nSPS) is 23.4. The minimum Gasteiger partial charge on any atom is -0.492 e. The number of methoxy groups -OCH3 is 1. The molecule has 0 spiro atoms. The Labute approximate surface area is 348 Å². The van der Waals surface area contributed by atoms with Crippen molar-refractivity contribution in [3.05, 3.63) is 29.8 Å². The Morgan fingerprint density at radius 3 is 2.40 bits per heavy atom. The molecule has 0 bridgehead atoms. The fourth-order valence-electron chi connectivity index (χ4n) is 6.46. The number of phosphoric acid groups is 1. The van der Waals surface area contributed by atoms with Crippen molar-refractivity contribution in [1.29, 1.82) is 0 Å². The number of benzene rings is 1. The van der Waals surface area contributed by atoms with Crippen molar-refractivity contribution in [2.75, 3.05) is 54.1 Å². The monoisotopic (exact) mass is 871 g/mol. The predicted molar refractivity (Wildman–Crippen MR) is 211 cm³/mol. The van der Waals surface area contributed by atoms with Gasteiger partial charge in [0, 0.05) is 25.1 Å². The number of nitrogens with zero attached hydrogens (tertiary/aromatic N) is 2. The van der Waals surface area contributed by atoms with Crippen LogP contribution < -0.4 is 31.3 Å². The first-order valence-corrected chi connectivity index (χ1v) is 21.0. The van der Waals surface area contributed by atoms with E-state index in [1.165, 1.54) is 12.1 Å². The van der Waals surface area contributed by atoms with Gasteiger partial charge in [-0.1, -0.05) is 19.9 Å². The van der Waals surface area contributed by atoms with Gasteiger partial charge in [-0.25, -0.2) is 9.36 Å². The molecule has 6 amide bonds. The van der Waals surface area contributed by atoms with Crippen LogP contribution in [0.25, 0.3) is 0 Å². The van der Waals surface area contributed by atoms with Crippen LogP contribution in [0, 0.1) is 5.92 Å². The lowest BCUT2D eigenvalue weighted by atomic mass is 10.0. The van der Waals surface area contributed by atoms with Crippen molar-refractivity contribution < 1.29 is 71.8 Å². The third-order valence-corrected chi connectivity index (χ3v) is 10.1. The van der Waals surface area contributed by atoms with Crippen molar-refractivity contribution in [2.45, 2.75) is 95.4 Å². The van der Waals surface area contributed by atoms with Gasteiger partial charge in [0.1, 0.15) is 48.8 Å². The average Bonchev–Trinajstić information content (AvgIpc) is 3.60. The number of esters is 1. The van der Waals surface area contributed by atoms with Crippen molar-refractivity contribution in [1.82, 2.24) is 36.4 Å².